The summed E-state index contributed by atoms with van der Waals surface area (Å²) in [6.45, 7) is 28.6. The number of rotatable bonds is 10. The number of allylic oxidation sites excluding steroid dienone is 2. The molecule has 0 atom stereocenters. The lowest BCUT2D eigenvalue weighted by Gasteiger charge is -2.46. The van der Waals surface area contributed by atoms with E-state index in [-0.39, 0.29) is 0 Å². The van der Waals surface area contributed by atoms with Crippen molar-refractivity contribution in [2.45, 2.75) is 142 Å². The first-order valence-electron chi connectivity index (χ1n) is 11.9. The second kappa shape index (κ2) is 10.2. The second-order valence-electron chi connectivity index (χ2n) is 10.9. The quantitative estimate of drug-likeness (QED) is 0.324. The lowest BCUT2D eigenvalue weighted by atomic mass is 10.1. The molecule has 2 nitrogen and oxygen atoms in total. The van der Waals surface area contributed by atoms with Gasteiger partial charge in [-0.05, 0) is 46.1 Å². The summed E-state index contributed by atoms with van der Waals surface area (Å²) in [5.74, 6) is 2.46. The highest BCUT2D eigenvalue weighted by atomic mass is 28.4. The molecule has 28 heavy (non-hydrogen) atoms. The standard InChI is InChI=1S/C24H50O2Si2/c1-17(2)27(18(3)4,19(5)6)25-23-15-13-14-16-24(23)26-28(20(7)8,21(9)10)22(11)12/h17-22H,13-16H2,1-12H3. The molecule has 0 heterocycles. The summed E-state index contributed by atoms with van der Waals surface area (Å²) in [4.78, 5) is 0. The summed E-state index contributed by atoms with van der Waals surface area (Å²) < 4.78 is 14.4. The molecule has 166 valence electrons. The van der Waals surface area contributed by atoms with E-state index in [4.69, 9.17) is 8.85 Å². The van der Waals surface area contributed by atoms with Crippen LogP contribution in [0.4, 0.5) is 0 Å². The Morgan fingerprint density at radius 1 is 0.464 bits per heavy atom. The second-order valence-corrected chi connectivity index (χ2v) is 21.6. The van der Waals surface area contributed by atoms with Crippen molar-refractivity contribution in [3.8, 4) is 0 Å². The molecule has 0 aromatic heterocycles. The summed E-state index contributed by atoms with van der Waals surface area (Å²) in [6, 6.07) is 0. The molecule has 4 heteroatoms. The van der Waals surface area contributed by atoms with Crippen molar-refractivity contribution in [3.05, 3.63) is 11.5 Å². The highest BCUT2D eigenvalue weighted by Gasteiger charge is 2.50. The van der Waals surface area contributed by atoms with E-state index >= 15 is 0 Å². The van der Waals surface area contributed by atoms with Crippen LogP contribution >= 0.6 is 0 Å². The first kappa shape index (κ1) is 25.8. The van der Waals surface area contributed by atoms with Gasteiger partial charge in [-0.25, -0.2) is 0 Å². The van der Waals surface area contributed by atoms with E-state index < -0.39 is 16.6 Å². The zero-order valence-electron chi connectivity index (χ0n) is 21.1. The molecular formula is C24H50O2Si2. The summed E-state index contributed by atoms with van der Waals surface area (Å²) in [7, 11) is -3.87. The Bertz CT molecular complexity index is 429. The molecular weight excluding hydrogens is 376 g/mol. The Balaban J connectivity index is 3.44. The summed E-state index contributed by atoms with van der Waals surface area (Å²) in [5.41, 5.74) is 3.61. The van der Waals surface area contributed by atoms with Gasteiger partial charge in [0.05, 0.1) is 0 Å². The third-order valence-electron chi connectivity index (χ3n) is 7.38. The average Bonchev–Trinajstić information content (AvgIpc) is 2.56. The Morgan fingerprint density at radius 3 is 0.857 bits per heavy atom. The van der Waals surface area contributed by atoms with Gasteiger partial charge in [-0.3, -0.25) is 0 Å². The SMILES string of the molecule is CC(C)[Si](OC1=C(O[Si](C(C)C)(C(C)C)C(C)C)CCCC1)(C(C)C)C(C)C. The minimum absolute atomic E-state index is 0.602. The van der Waals surface area contributed by atoms with Gasteiger partial charge in [0.15, 0.2) is 0 Å². The maximum Gasteiger partial charge on any atom is 0.258 e. The highest BCUT2D eigenvalue weighted by Crippen LogP contribution is 2.48. The molecule has 0 N–H and O–H groups in total. The molecule has 1 aliphatic carbocycles. The summed E-state index contributed by atoms with van der Waals surface area (Å²) in [6.07, 6.45) is 4.60. The Morgan fingerprint density at radius 2 is 0.679 bits per heavy atom. The van der Waals surface area contributed by atoms with Gasteiger partial charge in [0.25, 0.3) is 16.6 Å². The minimum Gasteiger partial charge on any atom is -0.543 e. The van der Waals surface area contributed by atoms with Gasteiger partial charge >= 0.3 is 0 Å². The van der Waals surface area contributed by atoms with Gasteiger partial charge in [0.1, 0.15) is 11.5 Å². The highest BCUT2D eigenvalue weighted by molar-refractivity contribution is 6.78. The lowest BCUT2D eigenvalue weighted by Crippen LogP contribution is -2.49. The van der Waals surface area contributed by atoms with Crippen LogP contribution in [0.3, 0.4) is 0 Å². The Kier molecular flexibility index (Phi) is 9.39. The first-order chi connectivity index (χ1) is 12.8. The molecule has 0 aliphatic heterocycles. The van der Waals surface area contributed by atoms with E-state index in [1.165, 1.54) is 24.4 Å². The fraction of sp³-hybridized carbons (Fsp3) is 0.917. The summed E-state index contributed by atoms with van der Waals surface area (Å²) in [5, 5.41) is 0. The van der Waals surface area contributed by atoms with Crippen molar-refractivity contribution >= 4 is 16.6 Å². The first-order valence-corrected chi connectivity index (χ1v) is 16.2. The number of hydrogen-bond donors (Lipinski definition) is 0. The fourth-order valence-corrected chi connectivity index (χ4v) is 16.9. The molecule has 0 bridgehead atoms. The van der Waals surface area contributed by atoms with Crippen LogP contribution in [0.15, 0.2) is 11.5 Å². The van der Waals surface area contributed by atoms with E-state index in [2.05, 4.69) is 83.1 Å². The molecule has 0 saturated carbocycles. The van der Waals surface area contributed by atoms with Crippen LogP contribution in [-0.2, 0) is 8.85 Å². The van der Waals surface area contributed by atoms with Crippen molar-refractivity contribution in [2.24, 2.45) is 0 Å². The minimum atomic E-state index is -1.94. The topological polar surface area (TPSA) is 18.5 Å². The maximum absolute atomic E-state index is 7.18. The lowest BCUT2D eigenvalue weighted by molar-refractivity contribution is 0.262. The third kappa shape index (κ3) is 4.91. The summed E-state index contributed by atoms with van der Waals surface area (Å²) >= 11 is 0. The zero-order valence-corrected chi connectivity index (χ0v) is 23.1. The van der Waals surface area contributed by atoms with Gasteiger partial charge in [-0.2, -0.15) is 0 Å². The maximum atomic E-state index is 7.18. The van der Waals surface area contributed by atoms with E-state index in [0.717, 1.165) is 12.8 Å². The molecule has 0 fully saturated rings. The van der Waals surface area contributed by atoms with Crippen LogP contribution in [0, 0.1) is 0 Å². The molecule has 0 aromatic carbocycles. The van der Waals surface area contributed by atoms with Crippen molar-refractivity contribution in [1.29, 1.82) is 0 Å². The largest absolute Gasteiger partial charge is 0.543 e. The monoisotopic (exact) mass is 426 g/mol. The van der Waals surface area contributed by atoms with E-state index in [1.807, 2.05) is 0 Å². The van der Waals surface area contributed by atoms with Crippen LogP contribution in [-0.4, -0.2) is 16.6 Å². The third-order valence-corrected chi connectivity index (χ3v) is 19.4. The van der Waals surface area contributed by atoms with Gasteiger partial charge < -0.3 is 8.85 Å². The van der Waals surface area contributed by atoms with Gasteiger partial charge in [-0.15, -0.1) is 0 Å². The van der Waals surface area contributed by atoms with Crippen LogP contribution in [0.5, 0.6) is 0 Å². The van der Waals surface area contributed by atoms with Gasteiger partial charge in [-0.1, -0.05) is 83.1 Å². The van der Waals surface area contributed by atoms with Crippen LogP contribution < -0.4 is 0 Å². The normalized spacial score (nSPS) is 17.1. The molecule has 0 unspecified atom stereocenters. The molecule has 0 saturated heterocycles. The van der Waals surface area contributed by atoms with E-state index in [9.17, 15) is 0 Å². The van der Waals surface area contributed by atoms with Crippen LogP contribution in [0.2, 0.25) is 33.2 Å². The van der Waals surface area contributed by atoms with Gasteiger partial charge in [0, 0.05) is 12.8 Å². The number of hydrogen-bond acceptors (Lipinski definition) is 2. The molecule has 0 spiro atoms. The van der Waals surface area contributed by atoms with Crippen molar-refractivity contribution in [1.82, 2.24) is 0 Å². The van der Waals surface area contributed by atoms with Crippen LogP contribution in [0.25, 0.3) is 0 Å². The smallest absolute Gasteiger partial charge is 0.258 e. The molecule has 1 rings (SSSR count). The van der Waals surface area contributed by atoms with Crippen molar-refractivity contribution in [2.75, 3.05) is 0 Å². The zero-order chi connectivity index (χ0) is 21.9. The van der Waals surface area contributed by atoms with Crippen molar-refractivity contribution < 1.29 is 8.85 Å². The average molecular weight is 427 g/mol. The Labute approximate surface area is 179 Å². The van der Waals surface area contributed by atoms with Gasteiger partial charge in [0.2, 0.25) is 0 Å². The molecule has 0 radical (unpaired) electrons. The predicted molar refractivity (Wildman–Crippen MR) is 130 cm³/mol. The molecule has 0 aromatic rings. The fourth-order valence-electron chi connectivity index (χ4n) is 6.20. The van der Waals surface area contributed by atoms with E-state index in [1.54, 1.807) is 0 Å². The molecule has 1 aliphatic rings. The molecule has 0 amide bonds. The van der Waals surface area contributed by atoms with Crippen LogP contribution in [0.1, 0.15) is 109 Å². The van der Waals surface area contributed by atoms with E-state index in [0.29, 0.717) is 33.2 Å². The van der Waals surface area contributed by atoms with Crippen molar-refractivity contribution in [3.63, 3.8) is 0 Å². The predicted octanol–water partition coefficient (Wildman–Crippen LogP) is 9.16. The Hall–Kier alpha value is -0.226.